The molecule has 0 bridgehead atoms. The zero-order chi connectivity index (χ0) is 18.8. The van der Waals surface area contributed by atoms with Crippen molar-refractivity contribution in [3.8, 4) is 17.2 Å². The van der Waals surface area contributed by atoms with Crippen LogP contribution in [0.1, 0.15) is 25.0 Å². The van der Waals surface area contributed by atoms with Crippen molar-refractivity contribution in [3.63, 3.8) is 0 Å². The van der Waals surface area contributed by atoms with Gasteiger partial charge in [-0.05, 0) is 49.2 Å². The summed E-state index contributed by atoms with van der Waals surface area (Å²) in [5, 5.41) is 7.36. The van der Waals surface area contributed by atoms with Gasteiger partial charge in [0, 0.05) is 0 Å². The van der Waals surface area contributed by atoms with Crippen LogP contribution in [0.25, 0.3) is 0 Å². The maximum absolute atomic E-state index is 5.85. The third-order valence-electron chi connectivity index (χ3n) is 3.25. The summed E-state index contributed by atoms with van der Waals surface area (Å²) in [7, 11) is 0. The lowest BCUT2D eigenvalue weighted by Crippen LogP contribution is -2.21. The van der Waals surface area contributed by atoms with Crippen molar-refractivity contribution in [2.45, 2.75) is 20.5 Å². The number of ether oxygens (including phenoxy) is 3. The topological polar surface area (TPSA) is 104 Å². The van der Waals surface area contributed by atoms with Crippen LogP contribution in [-0.2, 0) is 6.61 Å². The van der Waals surface area contributed by atoms with Crippen LogP contribution >= 0.6 is 0 Å². The van der Waals surface area contributed by atoms with E-state index in [2.05, 4.69) is 10.2 Å². The lowest BCUT2D eigenvalue weighted by Gasteiger charge is -2.13. The van der Waals surface area contributed by atoms with E-state index in [1.165, 1.54) is 0 Å². The lowest BCUT2D eigenvalue weighted by molar-refractivity contribution is 0.283. The molecule has 2 aromatic rings. The number of nitrogens with zero attached hydrogens (tertiary/aromatic N) is 2. The first-order chi connectivity index (χ1) is 12.6. The van der Waals surface area contributed by atoms with Crippen LogP contribution in [0.4, 0.5) is 0 Å². The largest absolute Gasteiger partial charge is 0.490 e. The maximum Gasteiger partial charge on any atom is 0.211 e. The van der Waals surface area contributed by atoms with Crippen LogP contribution in [0, 0.1) is 0 Å². The molecule has 0 spiro atoms. The molecule has 0 amide bonds. The molecule has 7 heteroatoms. The molecule has 7 nitrogen and oxygen atoms in total. The Morgan fingerprint density at radius 3 is 2.46 bits per heavy atom. The fourth-order valence-corrected chi connectivity index (χ4v) is 2.20. The highest BCUT2D eigenvalue weighted by molar-refractivity contribution is 5.82. The molecule has 26 heavy (non-hydrogen) atoms. The average molecular weight is 356 g/mol. The van der Waals surface area contributed by atoms with Gasteiger partial charge in [0.05, 0.1) is 19.4 Å². The Morgan fingerprint density at radius 2 is 1.73 bits per heavy atom. The van der Waals surface area contributed by atoms with Gasteiger partial charge in [-0.15, -0.1) is 5.10 Å². The summed E-state index contributed by atoms with van der Waals surface area (Å²) in [6, 6.07) is 13.2. The molecule has 0 saturated heterocycles. The molecule has 4 N–H and O–H groups in total. The van der Waals surface area contributed by atoms with Crippen molar-refractivity contribution < 1.29 is 14.2 Å². The molecule has 138 valence electrons. The van der Waals surface area contributed by atoms with E-state index in [1.807, 2.05) is 56.3 Å². The molecule has 2 aromatic carbocycles. The van der Waals surface area contributed by atoms with Crippen molar-refractivity contribution in [3.05, 3.63) is 53.6 Å². The lowest BCUT2D eigenvalue weighted by atomic mass is 10.2. The van der Waals surface area contributed by atoms with Crippen molar-refractivity contribution in [2.24, 2.45) is 21.7 Å². The number of benzene rings is 2. The predicted molar refractivity (Wildman–Crippen MR) is 103 cm³/mol. The first-order valence-electron chi connectivity index (χ1n) is 8.35. The Bertz CT molecular complexity index is 771. The van der Waals surface area contributed by atoms with Crippen LogP contribution < -0.4 is 25.7 Å². The molecule has 0 heterocycles. The van der Waals surface area contributed by atoms with Gasteiger partial charge in [-0.1, -0.05) is 18.2 Å². The minimum atomic E-state index is -0.0887. The van der Waals surface area contributed by atoms with Gasteiger partial charge in [-0.25, -0.2) is 0 Å². The monoisotopic (exact) mass is 356 g/mol. The molecule has 0 atom stereocenters. The van der Waals surface area contributed by atoms with E-state index in [4.69, 9.17) is 25.7 Å². The normalized spacial score (nSPS) is 10.5. The SMILES string of the molecule is CCOc1ccc(COc2cccc(C=NN=C(N)N)c2)cc1OCC. The first kappa shape index (κ1) is 19.1. The van der Waals surface area contributed by atoms with E-state index >= 15 is 0 Å². The van der Waals surface area contributed by atoms with E-state index in [0.717, 1.165) is 16.9 Å². The smallest absolute Gasteiger partial charge is 0.211 e. The Kier molecular flexibility index (Phi) is 7.30. The molecular weight excluding hydrogens is 332 g/mol. The Hall–Kier alpha value is -3.22. The summed E-state index contributed by atoms with van der Waals surface area (Å²) in [4.78, 5) is 0. The summed E-state index contributed by atoms with van der Waals surface area (Å²) >= 11 is 0. The molecule has 0 unspecified atom stereocenters. The minimum Gasteiger partial charge on any atom is -0.490 e. The van der Waals surface area contributed by atoms with Gasteiger partial charge in [-0.3, -0.25) is 0 Å². The molecule has 0 aliphatic carbocycles. The van der Waals surface area contributed by atoms with Gasteiger partial charge >= 0.3 is 0 Å². The van der Waals surface area contributed by atoms with Gasteiger partial charge in [0.25, 0.3) is 0 Å². The molecule has 0 saturated carbocycles. The minimum absolute atomic E-state index is 0.0887. The van der Waals surface area contributed by atoms with E-state index in [0.29, 0.717) is 31.3 Å². The van der Waals surface area contributed by atoms with Crippen LogP contribution in [0.5, 0.6) is 17.2 Å². The fraction of sp³-hybridized carbons (Fsp3) is 0.263. The Balaban J connectivity index is 2.05. The van der Waals surface area contributed by atoms with Gasteiger partial charge in [0.15, 0.2) is 11.5 Å². The number of guanidine groups is 1. The highest BCUT2D eigenvalue weighted by atomic mass is 16.5. The van der Waals surface area contributed by atoms with E-state index in [9.17, 15) is 0 Å². The Morgan fingerprint density at radius 1 is 0.962 bits per heavy atom. The first-order valence-corrected chi connectivity index (χ1v) is 8.35. The highest BCUT2D eigenvalue weighted by Crippen LogP contribution is 2.29. The predicted octanol–water partition coefficient (Wildman–Crippen LogP) is 2.67. The van der Waals surface area contributed by atoms with Crippen molar-refractivity contribution >= 4 is 12.2 Å². The van der Waals surface area contributed by atoms with E-state index in [1.54, 1.807) is 6.21 Å². The van der Waals surface area contributed by atoms with E-state index in [-0.39, 0.29) is 5.96 Å². The molecule has 0 radical (unpaired) electrons. The highest BCUT2D eigenvalue weighted by Gasteiger charge is 2.07. The van der Waals surface area contributed by atoms with Crippen LogP contribution in [0.15, 0.2) is 52.7 Å². The standard InChI is InChI=1S/C19H24N4O3/c1-3-24-17-9-8-15(11-18(17)25-4-2)13-26-16-7-5-6-14(10-16)12-22-23-19(20)21/h5-12H,3-4,13H2,1-2H3,(H4,20,21,23). The number of hydrogen-bond donors (Lipinski definition) is 2. The van der Waals surface area contributed by atoms with Crippen molar-refractivity contribution in [1.82, 2.24) is 0 Å². The summed E-state index contributed by atoms with van der Waals surface area (Å²) in [5.41, 5.74) is 12.3. The van der Waals surface area contributed by atoms with Gasteiger partial charge in [0.2, 0.25) is 5.96 Å². The second kappa shape index (κ2) is 9.93. The maximum atomic E-state index is 5.85. The number of rotatable bonds is 9. The third kappa shape index (κ3) is 6.01. The summed E-state index contributed by atoms with van der Waals surface area (Å²) in [5.74, 6) is 2.07. The molecule has 2 rings (SSSR count). The van der Waals surface area contributed by atoms with Crippen LogP contribution in [-0.4, -0.2) is 25.4 Å². The summed E-state index contributed by atoms with van der Waals surface area (Å²) in [6.45, 7) is 5.44. The van der Waals surface area contributed by atoms with Gasteiger partial charge in [-0.2, -0.15) is 5.10 Å². The molecule has 0 aliphatic rings. The molecule has 0 fully saturated rings. The average Bonchev–Trinajstić information content (AvgIpc) is 2.62. The summed E-state index contributed by atoms with van der Waals surface area (Å²) < 4.78 is 17.1. The molecular formula is C19H24N4O3. The van der Waals surface area contributed by atoms with Crippen molar-refractivity contribution in [2.75, 3.05) is 13.2 Å². The number of nitrogens with two attached hydrogens (primary N) is 2. The van der Waals surface area contributed by atoms with Crippen molar-refractivity contribution in [1.29, 1.82) is 0 Å². The van der Waals surface area contributed by atoms with Crippen LogP contribution in [0.3, 0.4) is 0 Å². The summed E-state index contributed by atoms with van der Waals surface area (Å²) in [6.07, 6.45) is 1.55. The van der Waals surface area contributed by atoms with Crippen LogP contribution in [0.2, 0.25) is 0 Å². The third-order valence-corrected chi connectivity index (χ3v) is 3.25. The molecule has 0 aliphatic heterocycles. The zero-order valence-corrected chi connectivity index (χ0v) is 15.0. The molecule has 0 aromatic heterocycles. The zero-order valence-electron chi connectivity index (χ0n) is 15.0. The van der Waals surface area contributed by atoms with Gasteiger partial charge in [0.1, 0.15) is 12.4 Å². The Labute approximate surface area is 153 Å². The second-order valence-electron chi connectivity index (χ2n) is 5.28. The van der Waals surface area contributed by atoms with E-state index < -0.39 is 0 Å². The van der Waals surface area contributed by atoms with Gasteiger partial charge < -0.3 is 25.7 Å². The second-order valence-corrected chi connectivity index (χ2v) is 5.28. The fourth-order valence-electron chi connectivity index (χ4n) is 2.20. The quantitative estimate of drug-likeness (QED) is 0.408. The number of hydrogen-bond acceptors (Lipinski definition) is 5.